The summed E-state index contributed by atoms with van der Waals surface area (Å²) in [7, 11) is 2.20. The molecule has 0 radical (unpaired) electrons. The van der Waals surface area contributed by atoms with E-state index in [1.807, 2.05) is 18.2 Å². The maximum atomic E-state index is 12.8. The third-order valence-electron chi connectivity index (χ3n) is 5.33. The van der Waals surface area contributed by atoms with Gasteiger partial charge in [0.1, 0.15) is 0 Å². The number of hydrogen-bond acceptors (Lipinski definition) is 2. The molecule has 0 unspecified atom stereocenters. The SMILES string of the molecule is C[N+]1(COC(=O)C2(c3ccccc3)CCCC2)CCCC1.[Cl-]. The third kappa shape index (κ3) is 3.31. The van der Waals surface area contributed by atoms with Crippen LogP contribution >= 0.6 is 0 Å². The first kappa shape index (κ1) is 17.3. The molecule has 122 valence electrons. The molecule has 3 rings (SSSR count). The van der Waals surface area contributed by atoms with E-state index in [0.717, 1.165) is 48.8 Å². The number of benzene rings is 1. The summed E-state index contributed by atoms with van der Waals surface area (Å²) >= 11 is 0. The molecule has 0 spiro atoms. The van der Waals surface area contributed by atoms with Crippen molar-refractivity contribution >= 4 is 5.97 Å². The van der Waals surface area contributed by atoms with Crippen molar-refractivity contribution in [3.8, 4) is 0 Å². The van der Waals surface area contributed by atoms with Gasteiger partial charge in [-0.1, -0.05) is 43.2 Å². The number of nitrogens with zero attached hydrogens (tertiary/aromatic N) is 1. The van der Waals surface area contributed by atoms with Crippen LogP contribution in [0.15, 0.2) is 30.3 Å². The number of likely N-dealkylation sites (tertiary alicyclic amines) is 1. The second-order valence-electron chi connectivity index (χ2n) is 6.99. The third-order valence-corrected chi connectivity index (χ3v) is 5.33. The van der Waals surface area contributed by atoms with E-state index in [1.54, 1.807) is 0 Å². The Morgan fingerprint density at radius 3 is 2.27 bits per heavy atom. The highest BCUT2D eigenvalue weighted by atomic mass is 35.5. The van der Waals surface area contributed by atoms with Gasteiger partial charge in [0, 0.05) is 12.8 Å². The van der Waals surface area contributed by atoms with Gasteiger partial charge < -0.3 is 17.1 Å². The lowest BCUT2D eigenvalue weighted by molar-refractivity contribution is -0.914. The first-order chi connectivity index (χ1) is 10.1. The van der Waals surface area contributed by atoms with Crippen molar-refractivity contribution in [2.45, 2.75) is 43.9 Å². The van der Waals surface area contributed by atoms with E-state index in [9.17, 15) is 4.79 Å². The summed E-state index contributed by atoms with van der Waals surface area (Å²) in [4.78, 5) is 12.8. The van der Waals surface area contributed by atoms with Crippen molar-refractivity contribution < 1.29 is 26.4 Å². The Bertz CT molecular complexity index is 491. The van der Waals surface area contributed by atoms with Crippen molar-refractivity contribution in [2.24, 2.45) is 0 Å². The summed E-state index contributed by atoms with van der Waals surface area (Å²) in [6.45, 7) is 2.80. The van der Waals surface area contributed by atoms with Crippen molar-refractivity contribution in [1.29, 1.82) is 0 Å². The Morgan fingerprint density at radius 2 is 1.68 bits per heavy atom. The molecular formula is C18H26ClNO2. The van der Waals surface area contributed by atoms with Crippen molar-refractivity contribution in [3.63, 3.8) is 0 Å². The quantitative estimate of drug-likeness (QED) is 0.586. The Morgan fingerprint density at radius 1 is 1.09 bits per heavy atom. The van der Waals surface area contributed by atoms with Crippen LogP contribution in [0.25, 0.3) is 0 Å². The second kappa shape index (κ2) is 7.01. The summed E-state index contributed by atoms with van der Waals surface area (Å²) in [5.41, 5.74) is 0.747. The van der Waals surface area contributed by atoms with Gasteiger partial charge in [-0.15, -0.1) is 0 Å². The molecule has 1 aromatic rings. The van der Waals surface area contributed by atoms with Crippen molar-refractivity contribution in [1.82, 2.24) is 0 Å². The number of hydrogen-bond donors (Lipinski definition) is 0. The van der Waals surface area contributed by atoms with Crippen LogP contribution in [-0.2, 0) is 14.9 Å². The molecule has 1 aliphatic carbocycles. The average molecular weight is 324 g/mol. The zero-order chi connectivity index (χ0) is 14.8. The summed E-state index contributed by atoms with van der Waals surface area (Å²) in [6, 6.07) is 10.2. The highest BCUT2D eigenvalue weighted by Crippen LogP contribution is 2.42. The van der Waals surface area contributed by atoms with Gasteiger partial charge in [0.05, 0.1) is 25.6 Å². The molecule has 22 heavy (non-hydrogen) atoms. The number of carbonyl (C=O) groups excluding carboxylic acids is 1. The van der Waals surface area contributed by atoms with Crippen LogP contribution in [0, 0.1) is 0 Å². The van der Waals surface area contributed by atoms with Crippen LogP contribution in [0.4, 0.5) is 0 Å². The second-order valence-corrected chi connectivity index (χ2v) is 6.99. The molecule has 0 N–H and O–H groups in total. The topological polar surface area (TPSA) is 26.3 Å². The van der Waals surface area contributed by atoms with Gasteiger partial charge in [-0.2, -0.15) is 0 Å². The molecule has 0 atom stereocenters. The molecular weight excluding hydrogens is 298 g/mol. The van der Waals surface area contributed by atoms with E-state index in [1.165, 1.54) is 12.8 Å². The molecule has 1 heterocycles. The van der Waals surface area contributed by atoms with Crippen molar-refractivity contribution in [3.05, 3.63) is 35.9 Å². The van der Waals surface area contributed by atoms with Gasteiger partial charge in [0.15, 0.2) is 0 Å². The fourth-order valence-corrected chi connectivity index (χ4v) is 3.93. The van der Waals surface area contributed by atoms with E-state index in [0.29, 0.717) is 6.73 Å². The van der Waals surface area contributed by atoms with E-state index in [4.69, 9.17) is 4.74 Å². The lowest BCUT2D eigenvalue weighted by Crippen LogP contribution is -3.00. The highest BCUT2D eigenvalue weighted by molar-refractivity contribution is 5.83. The molecule has 2 fully saturated rings. The minimum atomic E-state index is -0.389. The molecule has 4 heteroatoms. The van der Waals surface area contributed by atoms with Crippen LogP contribution < -0.4 is 12.4 Å². The van der Waals surface area contributed by atoms with Crippen LogP contribution in [0.2, 0.25) is 0 Å². The van der Waals surface area contributed by atoms with E-state index in [-0.39, 0.29) is 23.8 Å². The number of quaternary nitrogens is 1. The number of halogens is 1. The van der Waals surface area contributed by atoms with Crippen LogP contribution in [-0.4, -0.2) is 37.3 Å². The highest BCUT2D eigenvalue weighted by Gasteiger charge is 2.45. The van der Waals surface area contributed by atoms with E-state index >= 15 is 0 Å². The van der Waals surface area contributed by atoms with E-state index < -0.39 is 0 Å². The van der Waals surface area contributed by atoms with Gasteiger partial charge in [-0.3, -0.25) is 9.28 Å². The predicted molar refractivity (Wildman–Crippen MR) is 82.7 cm³/mol. The monoisotopic (exact) mass is 323 g/mol. The molecule has 0 aromatic heterocycles. The van der Waals surface area contributed by atoms with Gasteiger partial charge >= 0.3 is 5.97 Å². The average Bonchev–Trinajstić information content (AvgIpc) is 3.16. The Hall–Kier alpha value is -1.06. The van der Waals surface area contributed by atoms with Gasteiger partial charge in [-0.05, 0) is 18.4 Å². The summed E-state index contributed by atoms with van der Waals surface area (Å²) in [5.74, 6) is -0.00236. The standard InChI is InChI=1S/C18H26NO2.ClH/c1-19(13-7-8-14-19)15-21-17(20)18(11-5-6-12-18)16-9-3-2-4-10-16;/h2-4,9-10H,5-8,11-15H2,1H3;1H/q+1;/p-1. The first-order valence-corrected chi connectivity index (χ1v) is 8.21. The van der Waals surface area contributed by atoms with Gasteiger partial charge in [-0.25, -0.2) is 0 Å². The molecule has 1 aromatic carbocycles. The molecule has 1 saturated carbocycles. The van der Waals surface area contributed by atoms with Crippen molar-refractivity contribution in [2.75, 3.05) is 26.9 Å². The lowest BCUT2D eigenvalue weighted by Gasteiger charge is -2.32. The molecule has 0 amide bonds. The number of carbonyl (C=O) groups is 1. The zero-order valence-corrected chi connectivity index (χ0v) is 14.1. The number of esters is 1. The summed E-state index contributed by atoms with van der Waals surface area (Å²) in [6.07, 6.45) is 6.60. The van der Waals surface area contributed by atoms with Crippen LogP contribution in [0.3, 0.4) is 0 Å². The van der Waals surface area contributed by atoms with E-state index in [2.05, 4.69) is 19.2 Å². The molecule has 2 aliphatic rings. The molecule has 1 aliphatic heterocycles. The van der Waals surface area contributed by atoms with Crippen LogP contribution in [0.5, 0.6) is 0 Å². The largest absolute Gasteiger partial charge is 1.00 e. The molecule has 0 bridgehead atoms. The number of rotatable bonds is 4. The lowest BCUT2D eigenvalue weighted by atomic mass is 9.79. The minimum absolute atomic E-state index is 0. The smallest absolute Gasteiger partial charge is 0.320 e. The molecule has 1 saturated heterocycles. The normalized spacial score (nSPS) is 22.0. The van der Waals surface area contributed by atoms with Gasteiger partial charge in [0.25, 0.3) is 0 Å². The summed E-state index contributed by atoms with van der Waals surface area (Å²) < 4.78 is 6.69. The fourth-order valence-electron chi connectivity index (χ4n) is 3.93. The predicted octanol–water partition coefficient (Wildman–Crippen LogP) is 0.244. The Balaban J connectivity index is 0.00000176. The van der Waals surface area contributed by atoms with Gasteiger partial charge in [0.2, 0.25) is 6.73 Å². The first-order valence-electron chi connectivity index (χ1n) is 8.21. The maximum absolute atomic E-state index is 12.8. The fraction of sp³-hybridized carbons (Fsp3) is 0.611. The Labute approximate surface area is 139 Å². The zero-order valence-electron chi connectivity index (χ0n) is 13.4. The maximum Gasteiger partial charge on any atom is 0.320 e. The molecule has 3 nitrogen and oxygen atoms in total. The Kier molecular flexibility index (Phi) is 5.51. The summed E-state index contributed by atoms with van der Waals surface area (Å²) in [5, 5.41) is 0. The van der Waals surface area contributed by atoms with Crippen LogP contribution in [0.1, 0.15) is 44.1 Å². The minimum Gasteiger partial charge on any atom is -1.00 e. The number of ether oxygens (including phenoxy) is 1.